The second-order valence-corrected chi connectivity index (χ2v) is 8.65. The molecule has 0 aliphatic carbocycles. The lowest BCUT2D eigenvalue weighted by Gasteiger charge is -2.24. The predicted molar refractivity (Wildman–Crippen MR) is 115 cm³/mol. The van der Waals surface area contributed by atoms with Crippen LogP contribution in [0.15, 0.2) is 48.5 Å². The van der Waals surface area contributed by atoms with Crippen molar-refractivity contribution in [2.75, 3.05) is 13.2 Å². The van der Waals surface area contributed by atoms with Crippen LogP contribution >= 0.6 is 0 Å². The van der Waals surface area contributed by atoms with E-state index in [1.807, 2.05) is 31.2 Å². The van der Waals surface area contributed by atoms with Crippen LogP contribution in [0.3, 0.4) is 0 Å². The number of ketones is 1. The van der Waals surface area contributed by atoms with Gasteiger partial charge in [-0.2, -0.15) is 0 Å². The highest BCUT2D eigenvalue weighted by atomic mass is 16.5. The molecule has 6 nitrogen and oxygen atoms in total. The highest BCUT2D eigenvalue weighted by molar-refractivity contribution is 6.11. The first-order valence-corrected chi connectivity index (χ1v) is 10.1. The van der Waals surface area contributed by atoms with Crippen molar-refractivity contribution in [3.8, 4) is 5.75 Å². The van der Waals surface area contributed by atoms with Gasteiger partial charge in [0.15, 0.2) is 5.78 Å². The number of imide groups is 1. The number of rotatable bonds is 6. The van der Waals surface area contributed by atoms with Crippen molar-refractivity contribution in [3.63, 3.8) is 0 Å². The minimum atomic E-state index is -1.20. The Bertz CT molecular complexity index is 958. The number of nitrogens with one attached hydrogen (secondary N) is 1. The van der Waals surface area contributed by atoms with Crippen LogP contribution in [-0.4, -0.2) is 35.8 Å². The second kappa shape index (κ2) is 7.94. The van der Waals surface area contributed by atoms with Gasteiger partial charge in [-0.3, -0.25) is 14.5 Å². The Hall–Kier alpha value is -3.15. The van der Waals surface area contributed by atoms with Gasteiger partial charge in [0.25, 0.3) is 5.91 Å². The third-order valence-electron chi connectivity index (χ3n) is 5.39. The van der Waals surface area contributed by atoms with Crippen molar-refractivity contribution in [2.24, 2.45) is 0 Å². The summed E-state index contributed by atoms with van der Waals surface area (Å²) in [6.45, 7) is 10.1. The molecule has 6 heteroatoms. The molecule has 3 rings (SSSR count). The second-order valence-electron chi connectivity index (χ2n) is 8.65. The van der Waals surface area contributed by atoms with E-state index in [-0.39, 0.29) is 17.7 Å². The molecule has 0 radical (unpaired) electrons. The lowest BCUT2D eigenvalue weighted by atomic mass is 9.84. The van der Waals surface area contributed by atoms with E-state index in [1.54, 1.807) is 31.2 Å². The van der Waals surface area contributed by atoms with Crippen LogP contribution in [0, 0.1) is 0 Å². The Morgan fingerprint density at radius 3 is 2.17 bits per heavy atom. The van der Waals surface area contributed by atoms with E-state index >= 15 is 0 Å². The normalized spacial score (nSPS) is 19.0. The first-order valence-electron chi connectivity index (χ1n) is 10.1. The predicted octanol–water partition coefficient (Wildman–Crippen LogP) is 4.03. The molecule has 1 aliphatic heterocycles. The molecule has 1 atom stereocenters. The SMILES string of the molecule is CCOc1ccc(C(=O)CN2C(=O)NC(C)(c3ccc(C(C)(C)C)cc3)C2=O)cc1. The van der Waals surface area contributed by atoms with Gasteiger partial charge in [0.2, 0.25) is 0 Å². The van der Waals surface area contributed by atoms with Gasteiger partial charge in [-0.15, -0.1) is 0 Å². The maximum atomic E-state index is 13.1. The van der Waals surface area contributed by atoms with Gasteiger partial charge in [-0.25, -0.2) is 4.79 Å². The average molecular weight is 408 g/mol. The van der Waals surface area contributed by atoms with E-state index in [4.69, 9.17) is 4.74 Å². The van der Waals surface area contributed by atoms with E-state index in [2.05, 4.69) is 26.1 Å². The van der Waals surface area contributed by atoms with E-state index in [1.165, 1.54) is 0 Å². The number of carbonyl (C=O) groups excluding carboxylic acids is 3. The molecule has 2 aromatic rings. The molecule has 1 heterocycles. The molecule has 0 aromatic heterocycles. The topological polar surface area (TPSA) is 75.7 Å². The number of urea groups is 1. The highest BCUT2D eigenvalue weighted by Crippen LogP contribution is 2.31. The molecule has 30 heavy (non-hydrogen) atoms. The smallest absolute Gasteiger partial charge is 0.325 e. The molecule has 1 aliphatic rings. The van der Waals surface area contributed by atoms with Crippen LogP contribution < -0.4 is 10.1 Å². The van der Waals surface area contributed by atoms with Gasteiger partial charge >= 0.3 is 6.03 Å². The summed E-state index contributed by atoms with van der Waals surface area (Å²) in [4.78, 5) is 39.3. The summed E-state index contributed by atoms with van der Waals surface area (Å²) >= 11 is 0. The number of Topliss-reactive ketones (excluding diaryl/α,β-unsaturated/α-hetero) is 1. The number of nitrogens with zero attached hydrogens (tertiary/aromatic N) is 1. The van der Waals surface area contributed by atoms with Gasteiger partial charge < -0.3 is 10.1 Å². The lowest BCUT2D eigenvalue weighted by Crippen LogP contribution is -2.41. The molecule has 1 saturated heterocycles. The van der Waals surface area contributed by atoms with E-state index in [9.17, 15) is 14.4 Å². The molecule has 0 bridgehead atoms. The molecule has 1 fully saturated rings. The van der Waals surface area contributed by atoms with Gasteiger partial charge in [0.1, 0.15) is 11.3 Å². The largest absolute Gasteiger partial charge is 0.494 e. The van der Waals surface area contributed by atoms with Gasteiger partial charge in [-0.1, -0.05) is 45.0 Å². The summed E-state index contributed by atoms with van der Waals surface area (Å²) in [6.07, 6.45) is 0. The number of carbonyl (C=O) groups is 3. The third-order valence-corrected chi connectivity index (χ3v) is 5.39. The van der Waals surface area contributed by atoms with Crippen LogP contribution in [-0.2, 0) is 15.7 Å². The number of hydrogen-bond donors (Lipinski definition) is 1. The molecule has 1 N–H and O–H groups in total. The van der Waals surface area contributed by atoms with Crippen LogP contribution in [0.2, 0.25) is 0 Å². The van der Waals surface area contributed by atoms with Crippen LogP contribution in [0.1, 0.15) is 56.1 Å². The summed E-state index contributed by atoms with van der Waals surface area (Å²) in [7, 11) is 0. The van der Waals surface area contributed by atoms with Crippen molar-refractivity contribution in [3.05, 3.63) is 65.2 Å². The van der Waals surface area contributed by atoms with Gasteiger partial charge in [0.05, 0.1) is 13.2 Å². The quantitative estimate of drug-likeness (QED) is 0.578. The summed E-state index contributed by atoms with van der Waals surface area (Å²) in [5.41, 5.74) is 1.02. The van der Waals surface area contributed by atoms with Crippen molar-refractivity contribution in [1.82, 2.24) is 10.2 Å². The van der Waals surface area contributed by atoms with E-state index in [0.717, 1.165) is 10.5 Å². The first-order chi connectivity index (χ1) is 14.1. The summed E-state index contributed by atoms with van der Waals surface area (Å²) in [6, 6.07) is 13.7. The van der Waals surface area contributed by atoms with Crippen molar-refractivity contribution < 1.29 is 19.1 Å². The fraction of sp³-hybridized carbons (Fsp3) is 0.375. The van der Waals surface area contributed by atoms with Crippen LogP contribution in [0.25, 0.3) is 0 Å². The molecule has 158 valence electrons. The van der Waals surface area contributed by atoms with Crippen molar-refractivity contribution in [1.29, 1.82) is 0 Å². The zero-order chi connectivity index (χ0) is 22.1. The summed E-state index contributed by atoms with van der Waals surface area (Å²) in [5.74, 6) is -0.0838. The minimum absolute atomic E-state index is 0.0153. The minimum Gasteiger partial charge on any atom is -0.494 e. The van der Waals surface area contributed by atoms with E-state index < -0.39 is 17.5 Å². The Morgan fingerprint density at radius 1 is 1.03 bits per heavy atom. The number of amides is 3. The molecule has 0 saturated carbocycles. The third kappa shape index (κ3) is 4.08. The van der Waals surface area contributed by atoms with Crippen molar-refractivity contribution >= 4 is 17.7 Å². The molecule has 2 aromatic carbocycles. The summed E-state index contributed by atoms with van der Waals surface area (Å²) in [5, 5.41) is 2.75. The fourth-order valence-electron chi connectivity index (χ4n) is 3.48. The zero-order valence-corrected chi connectivity index (χ0v) is 18.1. The van der Waals surface area contributed by atoms with Gasteiger partial charge in [-0.05, 0) is 54.7 Å². The zero-order valence-electron chi connectivity index (χ0n) is 18.1. The molecule has 3 amide bonds. The molecular weight excluding hydrogens is 380 g/mol. The molecule has 0 spiro atoms. The maximum absolute atomic E-state index is 13.1. The van der Waals surface area contributed by atoms with Crippen molar-refractivity contribution in [2.45, 2.75) is 45.6 Å². The Morgan fingerprint density at radius 2 is 1.63 bits per heavy atom. The van der Waals surface area contributed by atoms with Gasteiger partial charge in [0, 0.05) is 5.56 Å². The Kier molecular flexibility index (Phi) is 5.70. The number of benzene rings is 2. The number of hydrogen-bond acceptors (Lipinski definition) is 4. The standard InChI is InChI=1S/C24H28N2O4/c1-6-30-19-13-7-16(8-14-19)20(27)15-26-21(28)24(5,25-22(26)29)18-11-9-17(10-12-18)23(2,3)4/h7-14H,6,15H2,1-5H3,(H,25,29). The summed E-state index contributed by atoms with van der Waals surface area (Å²) < 4.78 is 5.37. The first kappa shape index (κ1) is 21.6. The Labute approximate surface area is 177 Å². The number of ether oxygens (including phenoxy) is 1. The highest BCUT2D eigenvalue weighted by Gasteiger charge is 2.49. The fourth-order valence-corrected chi connectivity index (χ4v) is 3.48. The molecule has 1 unspecified atom stereocenters. The lowest BCUT2D eigenvalue weighted by molar-refractivity contribution is -0.130. The van der Waals surface area contributed by atoms with Crippen LogP contribution in [0.4, 0.5) is 4.79 Å². The Balaban J connectivity index is 1.77. The maximum Gasteiger partial charge on any atom is 0.325 e. The average Bonchev–Trinajstić information content (AvgIpc) is 2.92. The van der Waals surface area contributed by atoms with Crippen LogP contribution in [0.5, 0.6) is 5.75 Å². The molecular formula is C24H28N2O4. The monoisotopic (exact) mass is 408 g/mol. The van der Waals surface area contributed by atoms with E-state index in [0.29, 0.717) is 23.5 Å².